The van der Waals surface area contributed by atoms with E-state index in [1.165, 1.54) is 0 Å². The van der Waals surface area contributed by atoms with E-state index in [1.54, 1.807) is 23.1 Å². The molecule has 9 heteroatoms. The average molecular weight is 318 g/mol. The fourth-order valence-electron chi connectivity index (χ4n) is 2.91. The van der Waals surface area contributed by atoms with Gasteiger partial charge in [-0.15, -0.1) is 0 Å². The second-order valence-corrected chi connectivity index (χ2v) is 5.71. The minimum absolute atomic E-state index is 0.0432. The van der Waals surface area contributed by atoms with Crippen LogP contribution < -0.4 is 10.6 Å². The van der Waals surface area contributed by atoms with Crippen molar-refractivity contribution < 1.29 is 14.6 Å². The van der Waals surface area contributed by atoms with E-state index in [9.17, 15) is 5.11 Å². The Bertz CT molecular complexity index is 693. The minimum atomic E-state index is -0.556. The molecule has 0 radical (unpaired) electrons. The molecule has 4 unspecified atom stereocenters. The van der Waals surface area contributed by atoms with Crippen LogP contribution in [0, 0.1) is 0 Å². The van der Waals surface area contributed by atoms with Crippen LogP contribution in [0.15, 0.2) is 24.7 Å². The maximum atomic E-state index is 9.77. The number of ether oxygens (including phenoxy) is 2. The Morgan fingerprint density at radius 1 is 1.30 bits per heavy atom. The van der Waals surface area contributed by atoms with E-state index in [2.05, 4.69) is 25.7 Å². The molecule has 3 N–H and O–H groups in total. The molecule has 0 bridgehead atoms. The van der Waals surface area contributed by atoms with Crippen LogP contribution in [0.2, 0.25) is 0 Å². The predicted molar refractivity (Wildman–Crippen MR) is 81.4 cm³/mol. The molecule has 2 aromatic rings. The van der Waals surface area contributed by atoms with Crippen LogP contribution in [-0.4, -0.2) is 62.4 Å². The number of aromatic nitrogens is 4. The molecule has 9 nitrogen and oxygen atoms in total. The summed E-state index contributed by atoms with van der Waals surface area (Å²) < 4.78 is 12.9. The molecular weight excluding hydrogens is 300 g/mol. The standard InChI is InChI=1S/C14H18N6O3/c1-20-5-8(4-16-20)17-14-15-3-2-11(19-14)18-9-6-22-13-10(21)7-23-12(9)13/h2-5,9-10,12-13,21H,6-7H2,1H3,(H2,15,17,18,19). The predicted octanol–water partition coefficient (Wildman–Crippen LogP) is -0.107. The summed E-state index contributed by atoms with van der Waals surface area (Å²) >= 11 is 0. The fourth-order valence-corrected chi connectivity index (χ4v) is 2.91. The first-order valence-electron chi connectivity index (χ1n) is 7.45. The number of aliphatic hydroxyl groups is 1. The molecule has 4 heterocycles. The lowest BCUT2D eigenvalue weighted by atomic mass is 10.1. The minimum Gasteiger partial charge on any atom is -0.388 e. The number of hydrogen-bond acceptors (Lipinski definition) is 8. The highest BCUT2D eigenvalue weighted by molar-refractivity contribution is 5.52. The summed E-state index contributed by atoms with van der Waals surface area (Å²) in [5.74, 6) is 1.15. The van der Waals surface area contributed by atoms with Gasteiger partial charge in [0.25, 0.3) is 0 Å². The van der Waals surface area contributed by atoms with Crippen LogP contribution in [0.25, 0.3) is 0 Å². The quantitative estimate of drug-likeness (QED) is 0.717. The van der Waals surface area contributed by atoms with E-state index < -0.39 is 6.10 Å². The molecule has 0 amide bonds. The molecule has 4 atom stereocenters. The molecule has 2 aliphatic heterocycles. The summed E-state index contributed by atoms with van der Waals surface area (Å²) in [7, 11) is 1.84. The Balaban J connectivity index is 1.44. The lowest BCUT2D eigenvalue weighted by Gasteiger charge is -2.18. The van der Waals surface area contributed by atoms with Gasteiger partial charge in [-0.3, -0.25) is 4.68 Å². The number of anilines is 3. The lowest BCUT2D eigenvalue weighted by molar-refractivity contribution is 0.0184. The van der Waals surface area contributed by atoms with Crippen molar-refractivity contribution in [2.45, 2.75) is 24.4 Å². The van der Waals surface area contributed by atoms with Gasteiger partial charge in [-0.25, -0.2) is 4.98 Å². The van der Waals surface area contributed by atoms with E-state index >= 15 is 0 Å². The third-order valence-corrected chi connectivity index (χ3v) is 3.98. The first-order chi connectivity index (χ1) is 11.2. The molecule has 122 valence electrons. The Labute approximate surface area is 132 Å². The van der Waals surface area contributed by atoms with E-state index in [0.29, 0.717) is 25.0 Å². The summed E-state index contributed by atoms with van der Waals surface area (Å²) in [6.07, 6.45) is 4.24. The smallest absolute Gasteiger partial charge is 0.229 e. The van der Waals surface area contributed by atoms with Gasteiger partial charge in [0.05, 0.1) is 31.1 Å². The van der Waals surface area contributed by atoms with Crippen molar-refractivity contribution in [3.63, 3.8) is 0 Å². The zero-order chi connectivity index (χ0) is 15.8. The molecule has 2 fully saturated rings. The van der Waals surface area contributed by atoms with Gasteiger partial charge in [0, 0.05) is 19.4 Å². The first-order valence-corrected chi connectivity index (χ1v) is 7.45. The molecule has 2 saturated heterocycles. The van der Waals surface area contributed by atoms with Crippen LogP contribution in [-0.2, 0) is 16.5 Å². The Morgan fingerprint density at radius 2 is 2.17 bits per heavy atom. The number of nitrogens with zero attached hydrogens (tertiary/aromatic N) is 4. The van der Waals surface area contributed by atoms with Gasteiger partial charge < -0.3 is 25.2 Å². The Morgan fingerprint density at radius 3 is 3.00 bits per heavy atom. The number of rotatable bonds is 4. The molecular formula is C14H18N6O3. The summed E-state index contributed by atoms with van der Waals surface area (Å²) in [4.78, 5) is 8.63. The van der Waals surface area contributed by atoms with Crippen molar-refractivity contribution in [1.82, 2.24) is 19.7 Å². The largest absolute Gasteiger partial charge is 0.388 e. The monoisotopic (exact) mass is 318 g/mol. The first kappa shape index (κ1) is 14.4. The van der Waals surface area contributed by atoms with Gasteiger partial charge in [-0.1, -0.05) is 0 Å². The van der Waals surface area contributed by atoms with Crippen molar-refractivity contribution in [3.05, 3.63) is 24.7 Å². The van der Waals surface area contributed by atoms with Crippen LogP contribution in [0.4, 0.5) is 17.5 Å². The highest BCUT2D eigenvalue weighted by atomic mass is 16.6. The van der Waals surface area contributed by atoms with Gasteiger partial charge >= 0.3 is 0 Å². The maximum absolute atomic E-state index is 9.77. The van der Waals surface area contributed by atoms with Crippen molar-refractivity contribution in [3.8, 4) is 0 Å². The van der Waals surface area contributed by atoms with Crippen molar-refractivity contribution in [2.24, 2.45) is 7.05 Å². The molecule has 23 heavy (non-hydrogen) atoms. The summed E-state index contributed by atoms with van der Waals surface area (Å²) in [6, 6.07) is 1.74. The van der Waals surface area contributed by atoms with E-state index in [1.807, 2.05) is 13.2 Å². The molecule has 0 spiro atoms. The van der Waals surface area contributed by atoms with Gasteiger partial charge in [-0.05, 0) is 6.07 Å². The van der Waals surface area contributed by atoms with E-state index in [0.717, 1.165) is 5.69 Å². The summed E-state index contributed by atoms with van der Waals surface area (Å²) in [5, 5.41) is 20.2. The lowest BCUT2D eigenvalue weighted by Crippen LogP contribution is -2.36. The molecule has 2 aromatic heterocycles. The van der Waals surface area contributed by atoms with E-state index in [4.69, 9.17) is 9.47 Å². The fraction of sp³-hybridized carbons (Fsp3) is 0.500. The third-order valence-electron chi connectivity index (χ3n) is 3.98. The van der Waals surface area contributed by atoms with Crippen LogP contribution >= 0.6 is 0 Å². The molecule has 0 aliphatic carbocycles. The second kappa shape index (κ2) is 5.76. The summed E-state index contributed by atoms with van der Waals surface area (Å²) in [6.45, 7) is 0.785. The molecule has 4 rings (SSSR count). The average Bonchev–Trinajstić information content (AvgIpc) is 3.21. The zero-order valence-corrected chi connectivity index (χ0v) is 12.6. The Kier molecular flexibility index (Phi) is 3.60. The zero-order valence-electron chi connectivity index (χ0n) is 12.6. The normalized spacial score (nSPS) is 29.5. The number of hydrogen-bond donors (Lipinski definition) is 3. The number of fused-ring (bicyclic) bond motifs is 1. The number of aliphatic hydroxyl groups excluding tert-OH is 1. The molecule has 0 aromatic carbocycles. The number of aryl methyl sites for hydroxylation is 1. The number of nitrogens with one attached hydrogen (secondary N) is 2. The van der Waals surface area contributed by atoms with Crippen LogP contribution in [0.1, 0.15) is 0 Å². The van der Waals surface area contributed by atoms with Crippen LogP contribution in [0.5, 0.6) is 0 Å². The van der Waals surface area contributed by atoms with Crippen molar-refractivity contribution >= 4 is 17.5 Å². The van der Waals surface area contributed by atoms with Gasteiger partial charge in [0.1, 0.15) is 24.1 Å². The molecule has 0 saturated carbocycles. The topological polar surface area (TPSA) is 106 Å². The summed E-state index contributed by atoms with van der Waals surface area (Å²) in [5.41, 5.74) is 0.816. The maximum Gasteiger partial charge on any atom is 0.229 e. The van der Waals surface area contributed by atoms with Gasteiger partial charge in [0.15, 0.2) is 0 Å². The Hall–Kier alpha value is -2.23. The van der Waals surface area contributed by atoms with Crippen LogP contribution in [0.3, 0.4) is 0 Å². The van der Waals surface area contributed by atoms with Crippen molar-refractivity contribution in [1.29, 1.82) is 0 Å². The second-order valence-electron chi connectivity index (χ2n) is 5.71. The van der Waals surface area contributed by atoms with Gasteiger partial charge in [0.2, 0.25) is 5.95 Å². The SMILES string of the molecule is Cn1cc(Nc2nccc(NC3COC4C(O)COC34)n2)cn1. The molecule has 2 aliphatic rings. The van der Waals surface area contributed by atoms with Crippen molar-refractivity contribution in [2.75, 3.05) is 23.8 Å². The highest BCUT2D eigenvalue weighted by Gasteiger charge is 2.47. The van der Waals surface area contributed by atoms with Gasteiger partial charge in [-0.2, -0.15) is 10.1 Å². The van der Waals surface area contributed by atoms with E-state index in [-0.39, 0.29) is 18.2 Å². The highest BCUT2D eigenvalue weighted by Crippen LogP contribution is 2.28. The third kappa shape index (κ3) is 2.85.